The van der Waals surface area contributed by atoms with Crippen molar-refractivity contribution in [1.82, 2.24) is 29.7 Å². The van der Waals surface area contributed by atoms with Gasteiger partial charge in [0, 0.05) is 61.8 Å². The van der Waals surface area contributed by atoms with E-state index in [9.17, 15) is 4.79 Å². The van der Waals surface area contributed by atoms with Crippen molar-refractivity contribution in [3.8, 4) is 5.95 Å². The Morgan fingerprint density at radius 3 is 2.78 bits per heavy atom. The van der Waals surface area contributed by atoms with Gasteiger partial charge in [-0.1, -0.05) is 23.7 Å². The summed E-state index contributed by atoms with van der Waals surface area (Å²) in [6.07, 6.45) is 6.41. The average Bonchev–Trinajstić information content (AvgIpc) is 3.30. The molecular weight excluding hydrogens is 426 g/mol. The molecule has 168 valence electrons. The molecule has 9 heteroatoms. The number of hydrogen-bond acceptors (Lipinski definition) is 6. The Labute approximate surface area is 193 Å². The lowest BCUT2D eigenvalue weighted by Crippen LogP contribution is -2.54. The van der Waals surface area contributed by atoms with E-state index in [1.54, 1.807) is 17.1 Å². The van der Waals surface area contributed by atoms with Crippen molar-refractivity contribution in [3.05, 3.63) is 65.3 Å². The zero-order chi connectivity index (χ0) is 22.5. The number of amides is 1. The number of aryl methyl sites for hydroxylation is 1. The van der Waals surface area contributed by atoms with Crippen LogP contribution in [-0.2, 0) is 11.2 Å². The summed E-state index contributed by atoms with van der Waals surface area (Å²) >= 11 is 5.94. The average molecular weight is 454 g/mol. The molecule has 3 aromatic rings. The Bertz CT molecular complexity index is 1040. The smallest absolute Gasteiger partial charge is 0.237 e. The second-order valence-electron chi connectivity index (χ2n) is 8.18. The van der Waals surface area contributed by atoms with Gasteiger partial charge in [-0.3, -0.25) is 9.36 Å². The summed E-state index contributed by atoms with van der Waals surface area (Å²) in [5.41, 5.74) is 2.03. The largest absolute Gasteiger partial charge is 0.356 e. The van der Waals surface area contributed by atoms with Crippen LogP contribution in [0.25, 0.3) is 5.95 Å². The highest BCUT2D eigenvalue weighted by Crippen LogP contribution is 2.22. The van der Waals surface area contributed by atoms with Crippen molar-refractivity contribution in [1.29, 1.82) is 0 Å². The fourth-order valence-electron chi connectivity index (χ4n) is 3.95. The Hall–Kier alpha value is -2.97. The fourth-order valence-corrected chi connectivity index (χ4v) is 4.07. The molecule has 8 nitrogen and oxygen atoms in total. The molecule has 1 aliphatic rings. The maximum absolute atomic E-state index is 12.7. The summed E-state index contributed by atoms with van der Waals surface area (Å²) in [7, 11) is 2.09. The number of anilines is 1. The lowest BCUT2D eigenvalue weighted by molar-refractivity contribution is -0.121. The van der Waals surface area contributed by atoms with Crippen LogP contribution in [0, 0.1) is 6.92 Å². The van der Waals surface area contributed by atoms with Gasteiger partial charge in [-0.05, 0) is 38.1 Å². The third-order valence-corrected chi connectivity index (χ3v) is 5.87. The molecule has 1 unspecified atom stereocenters. The first-order valence-electron chi connectivity index (χ1n) is 10.8. The van der Waals surface area contributed by atoms with E-state index < -0.39 is 0 Å². The molecule has 4 rings (SSSR count). The minimum Gasteiger partial charge on any atom is -0.356 e. The Morgan fingerprint density at radius 2 is 2.03 bits per heavy atom. The van der Waals surface area contributed by atoms with Gasteiger partial charge in [0.05, 0.1) is 6.04 Å². The number of aromatic nitrogens is 4. The first kappa shape index (κ1) is 22.2. The van der Waals surface area contributed by atoms with Crippen molar-refractivity contribution in [2.24, 2.45) is 0 Å². The van der Waals surface area contributed by atoms with Crippen molar-refractivity contribution in [2.45, 2.75) is 25.8 Å². The highest BCUT2D eigenvalue weighted by atomic mass is 35.5. The molecule has 1 amide bonds. The van der Waals surface area contributed by atoms with Gasteiger partial charge in [0.2, 0.25) is 11.9 Å². The summed E-state index contributed by atoms with van der Waals surface area (Å²) in [5.74, 6) is 1.47. The number of carbonyl (C=O) groups is 1. The van der Waals surface area contributed by atoms with Crippen LogP contribution in [0.4, 0.5) is 5.82 Å². The maximum Gasteiger partial charge on any atom is 0.237 e. The topological polar surface area (TPSA) is 79.2 Å². The van der Waals surface area contributed by atoms with Gasteiger partial charge >= 0.3 is 0 Å². The number of nitrogens with one attached hydrogen (secondary N) is 1. The molecule has 0 spiro atoms. The predicted molar refractivity (Wildman–Crippen MR) is 125 cm³/mol. The van der Waals surface area contributed by atoms with Gasteiger partial charge in [0.25, 0.3) is 0 Å². The van der Waals surface area contributed by atoms with Crippen LogP contribution in [0.2, 0.25) is 5.02 Å². The zero-order valence-electron chi connectivity index (χ0n) is 18.4. The lowest BCUT2D eigenvalue weighted by atomic mass is 10.1. The highest BCUT2D eigenvalue weighted by molar-refractivity contribution is 6.30. The maximum atomic E-state index is 12.7. The van der Waals surface area contributed by atoms with E-state index in [1.165, 1.54) is 0 Å². The standard InChI is InChI=1S/C23H28ClN7O/c1-17-13-21(28-23(27-17)30-10-9-25-16-30)31-12-11-29(2)15-20(31)14-22(32)26-8-7-18-3-5-19(24)6-4-18/h3-6,9-10,13,16,20H,7-8,11-12,14-15H2,1-2H3,(H,26,32). The van der Waals surface area contributed by atoms with Gasteiger partial charge in [0.15, 0.2) is 0 Å². The van der Waals surface area contributed by atoms with Crippen LogP contribution in [0.1, 0.15) is 17.7 Å². The van der Waals surface area contributed by atoms with E-state index in [0.717, 1.165) is 48.2 Å². The second-order valence-corrected chi connectivity index (χ2v) is 8.61. The molecule has 0 radical (unpaired) electrons. The third kappa shape index (κ3) is 5.63. The van der Waals surface area contributed by atoms with Crippen LogP contribution in [0.3, 0.4) is 0 Å². The number of rotatable bonds is 7. The quantitative estimate of drug-likeness (QED) is 0.592. The summed E-state index contributed by atoms with van der Waals surface area (Å²) < 4.78 is 1.80. The van der Waals surface area contributed by atoms with Crippen LogP contribution in [-0.4, -0.2) is 69.6 Å². The fraction of sp³-hybridized carbons (Fsp3) is 0.391. The van der Waals surface area contributed by atoms with E-state index in [2.05, 4.69) is 32.1 Å². The van der Waals surface area contributed by atoms with Crippen LogP contribution >= 0.6 is 11.6 Å². The number of piperazine rings is 1. The Morgan fingerprint density at radius 1 is 1.22 bits per heavy atom. The minimum absolute atomic E-state index is 0.0363. The third-order valence-electron chi connectivity index (χ3n) is 5.61. The second kappa shape index (κ2) is 10.1. The van der Waals surface area contributed by atoms with E-state index in [1.807, 2.05) is 43.5 Å². The predicted octanol–water partition coefficient (Wildman–Crippen LogP) is 2.49. The van der Waals surface area contributed by atoms with Crippen molar-refractivity contribution in [2.75, 3.05) is 38.1 Å². The SMILES string of the molecule is Cc1cc(N2CCN(C)CC2CC(=O)NCCc2ccc(Cl)cc2)nc(-n2ccnc2)n1. The first-order valence-corrected chi connectivity index (χ1v) is 11.2. The molecule has 3 heterocycles. The molecule has 2 aromatic heterocycles. The molecule has 1 aromatic carbocycles. The van der Waals surface area contributed by atoms with Gasteiger partial charge in [-0.2, -0.15) is 4.98 Å². The molecule has 1 fully saturated rings. The molecule has 1 N–H and O–H groups in total. The van der Waals surface area contributed by atoms with Gasteiger partial charge in [-0.15, -0.1) is 0 Å². The number of carbonyl (C=O) groups excluding carboxylic acids is 1. The van der Waals surface area contributed by atoms with Crippen LogP contribution < -0.4 is 10.2 Å². The minimum atomic E-state index is 0.0363. The Kier molecular flexibility index (Phi) is 7.02. The van der Waals surface area contributed by atoms with Crippen molar-refractivity contribution < 1.29 is 4.79 Å². The van der Waals surface area contributed by atoms with Gasteiger partial charge in [-0.25, -0.2) is 9.97 Å². The molecule has 32 heavy (non-hydrogen) atoms. The van der Waals surface area contributed by atoms with Gasteiger partial charge in [0.1, 0.15) is 12.1 Å². The van der Waals surface area contributed by atoms with E-state index in [0.29, 0.717) is 18.9 Å². The summed E-state index contributed by atoms with van der Waals surface area (Å²) in [6, 6.07) is 9.74. The van der Waals surface area contributed by atoms with E-state index in [-0.39, 0.29) is 11.9 Å². The number of halogens is 1. The number of likely N-dealkylation sites (N-methyl/N-ethyl adjacent to an activating group) is 1. The molecule has 1 saturated heterocycles. The number of benzene rings is 1. The molecule has 0 saturated carbocycles. The monoisotopic (exact) mass is 453 g/mol. The van der Waals surface area contributed by atoms with E-state index >= 15 is 0 Å². The van der Waals surface area contributed by atoms with Gasteiger partial charge < -0.3 is 15.1 Å². The van der Waals surface area contributed by atoms with Crippen molar-refractivity contribution in [3.63, 3.8) is 0 Å². The zero-order valence-corrected chi connectivity index (χ0v) is 19.2. The van der Waals surface area contributed by atoms with Crippen molar-refractivity contribution >= 4 is 23.3 Å². The van der Waals surface area contributed by atoms with Crippen LogP contribution in [0.5, 0.6) is 0 Å². The summed E-state index contributed by atoms with van der Waals surface area (Å²) in [4.78, 5) is 30.6. The Balaban J connectivity index is 1.42. The molecule has 0 aliphatic carbocycles. The van der Waals surface area contributed by atoms with E-state index in [4.69, 9.17) is 16.6 Å². The summed E-state index contributed by atoms with van der Waals surface area (Å²) in [5, 5.41) is 3.78. The first-order chi connectivity index (χ1) is 15.5. The molecular formula is C23H28ClN7O. The molecule has 0 bridgehead atoms. The lowest BCUT2D eigenvalue weighted by Gasteiger charge is -2.40. The molecule has 1 aliphatic heterocycles. The number of imidazole rings is 1. The highest BCUT2D eigenvalue weighted by Gasteiger charge is 2.29. The summed E-state index contributed by atoms with van der Waals surface area (Å²) in [6.45, 7) is 5.08. The number of hydrogen-bond donors (Lipinski definition) is 1. The number of nitrogens with zero attached hydrogens (tertiary/aromatic N) is 6. The molecule has 1 atom stereocenters. The van der Waals surface area contributed by atoms with Crippen LogP contribution in [0.15, 0.2) is 49.1 Å². The normalized spacial score (nSPS) is 16.8.